The lowest BCUT2D eigenvalue weighted by molar-refractivity contribution is -0.161. The van der Waals surface area contributed by atoms with Gasteiger partial charge in [-0.1, -0.05) is 72.6 Å². The number of phosphoric ester groups is 2. The average Bonchev–Trinajstić information content (AvgIpc) is 3.08. The summed E-state index contributed by atoms with van der Waals surface area (Å²) in [5, 5.41) is 10.1. The standard InChI is InChI=1S/C32H60O17P2/c1-5-9-12-13-15-19-32(37)49-28(23-42-29(34)17-11-7-3)25-47-51(40,41)45-21-26(33)20-44-50(38,39)46-24-27(48-31(36)16-8-4)22-43-30(35)18-14-10-6-2/h26-28,33H,5-25H2,1-4H3,(H,38,39)(H,40,41)/t26-,27-,28-/m1/s1. The molecule has 0 heterocycles. The lowest BCUT2D eigenvalue weighted by atomic mass is 10.1. The Kier molecular flexibility index (Phi) is 28.4. The number of rotatable bonds is 33. The number of phosphoric acid groups is 2. The van der Waals surface area contributed by atoms with Crippen LogP contribution in [0.15, 0.2) is 0 Å². The molecule has 0 saturated carbocycles. The Morgan fingerprint density at radius 1 is 0.471 bits per heavy atom. The predicted octanol–water partition coefficient (Wildman–Crippen LogP) is 5.46. The van der Waals surface area contributed by atoms with Gasteiger partial charge in [0, 0.05) is 25.7 Å². The second-order valence-corrected chi connectivity index (χ2v) is 14.7. The van der Waals surface area contributed by atoms with Gasteiger partial charge in [0.25, 0.3) is 0 Å². The molecule has 0 aliphatic carbocycles. The lowest BCUT2D eigenvalue weighted by Crippen LogP contribution is -2.30. The monoisotopic (exact) mass is 778 g/mol. The van der Waals surface area contributed by atoms with E-state index in [0.29, 0.717) is 25.7 Å². The molecule has 2 unspecified atom stereocenters. The second kappa shape index (κ2) is 29.5. The Labute approximate surface area is 301 Å². The van der Waals surface area contributed by atoms with Crippen molar-refractivity contribution < 1.29 is 80.2 Å². The molecule has 0 spiro atoms. The Bertz CT molecular complexity index is 1070. The van der Waals surface area contributed by atoms with Crippen molar-refractivity contribution in [3.8, 4) is 0 Å². The van der Waals surface area contributed by atoms with Gasteiger partial charge in [-0.15, -0.1) is 0 Å². The summed E-state index contributed by atoms with van der Waals surface area (Å²) >= 11 is 0. The number of unbranched alkanes of at least 4 members (excludes halogenated alkanes) is 7. The first kappa shape index (κ1) is 49.1. The van der Waals surface area contributed by atoms with Gasteiger partial charge in [0.1, 0.15) is 19.3 Å². The number of carbonyl (C=O) groups is 4. The number of aliphatic hydroxyl groups excluding tert-OH is 1. The highest BCUT2D eigenvalue weighted by Gasteiger charge is 2.30. The summed E-state index contributed by atoms with van der Waals surface area (Å²) in [5.74, 6) is -2.31. The van der Waals surface area contributed by atoms with Gasteiger partial charge in [0.15, 0.2) is 12.2 Å². The maximum Gasteiger partial charge on any atom is 0.472 e. The molecule has 0 aliphatic heterocycles. The first-order valence-electron chi connectivity index (χ1n) is 17.8. The molecule has 0 radical (unpaired) electrons. The third-order valence-electron chi connectivity index (χ3n) is 6.82. The molecule has 19 heteroatoms. The van der Waals surface area contributed by atoms with Gasteiger partial charge >= 0.3 is 39.5 Å². The van der Waals surface area contributed by atoms with Crippen molar-refractivity contribution in [1.82, 2.24) is 0 Å². The molecule has 0 aromatic carbocycles. The maximum absolute atomic E-state index is 12.5. The highest BCUT2D eigenvalue weighted by molar-refractivity contribution is 7.47. The van der Waals surface area contributed by atoms with Crippen molar-refractivity contribution in [2.75, 3.05) is 39.6 Å². The smallest absolute Gasteiger partial charge is 0.462 e. The van der Waals surface area contributed by atoms with Crippen molar-refractivity contribution >= 4 is 39.5 Å². The van der Waals surface area contributed by atoms with E-state index < -0.39 is 97.5 Å². The molecule has 0 aromatic rings. The van der Waals surface area contributed by atoms with Crippen molar-refractivity contribution in [2.45, 2.75) is 142 Å². The zero-order valence-corrected chi connectivity index (χ0v) is 32.3. The number of ether oxygens (including phenoxy) is 4. The molecule has 0 rings (SSSR count). The Morgan fingerprint density at radius 2 is 0.843 bits per heavy atom. The number of hydrogen-bond donors (Lipinski definition) is 3. The molecule has 3 N–H and O–H groups in total. The summed E-state index contributed by atoms with van der Waals surface area (Å²) in [4.78, 5) is 68.4. The van der Waals surface area contributed by atoms with E-state index in [2.05, 4.69) is 6.92 Å². The van der Waals surface area contributed by atoms with E-state index in [1.807, 2.05) is 13.8 Å². The fraction of sp³-hybridized carbons (Fsp3) is 0.875. The molecule has 0 bridgehead atoms. The van der Waals surface area contributed by atoms with Gasteiger partial charge in [-0.25, -0.2) is 9.13 Å². The molecule has 300 valence electrons. The van der Waals surface area contributed by atoms with Crippen LogP contribution in [0.1, 0.15) is 124 Å². The minimum atomic E-state index is -4.88. The highest BCUT2D eigenvalue weighted by Crippen LogP contribution is 2.45. The first-order valence-corrected chi connectivity index (χ1v) is 20.8. The minimum Gasteiger partial charge on any atom is -0.462 e. The Morgan fingerprint density at radius 3 is 1.31 bits per heavy atom. The Hall–Kier alpha value is -1.94. The summed E-state index contributed by atoms with van der Waals surface area (Å²) in [6, 6.07) is 0. The number of carbonyl (C=O) groups excluding carboxylic acids is 4. The predicted molar refractivity (Wildman–Crippen MR) is 183 cm³/mol. The van der Waals surface area contributed by atoms with E-state index in [1.54, 1.807) is 6.92 Å². The topological polar surface area (TPSA) is 237 Å². The van der Waals surface area contributed by atoms with Crippen molar-refractivity contribution in [2.24, 2.45) is 0 Å². The number of aliphatic hydroxyl groups is 1. The van der Waals surface area contributed by atoms with Crippen LogP contribution in [0.3, 0.4) is 0 Å². The third-order valence-corrected chi connectivity index (χ3v) is 8.72. The molecule has 17 nitrogen and oxygen atoms in total. The van der Waals surface area contributed by atoms with Crippen LogP contribution in [-0.2, 0) is 65.4 Å². The SMILES string of the molecule is CCCCCCCC(=O)O[C@H](COC(=O)CCCC)COP(=O)(O)OC[C@H](O)COP(=O)(O)OC[C@@H](COC(=O)CCCCC)OC(=O)CCC. The van der Waals surface area contributed by atoms with E-state index in [1.165, 1.54) is 0 Å². The molecule has 0 aliphatic rings. The first-order chi connectivity index (χ1) is 24.2. The van der Waals surface area contributed by atoms with E-state index in [-0.39, 0.29) is 25.7 Å². The van der Waals surface area contributed by atoms with Crippen LogP contribution in [0.25, 0.3) is 0 Å². The lowest BCUT2D eigenvalue weighted by Gasteiger charge is -2.21. The van der Waals surface area contributed by atoms with E-state index in [0.717, 1.165) is 44.9 Å². The molecule has 0 saturated heterocycles. The zero-order valence-electron chi connectivity index (χ0n) is 30.5. The van der Waals surface area contributed by atoms with Crippen LogP contribution in [0.2, 0.25) is 0 Å². The van der Waals surface area contributed by atoms with Crippen molar-refractivity contribution in [1.29, 1.82) is 0 Å². The molecular formula is C32H60O17P2. The molecule has 51 heavy (non-hydrogen) atoms. The van der Waals surface area contributed by atoms with Gasteiger partial charge in [0.05, 0.1) is 26.4 Å². The summed E-state index contributed by atoms with van der Waals surface area (Å²) in [6.07, 6.45) is 4.88. The zero-order chi connectivity index (χ0) is 38.5. The van der Waals surface area contributed by atoms with Gasteiger partial charge < -0.3 is 33.8 Å². The van der Waals surface area contributed by atoms with E-state index in [9.17, 15) is 43.2 Å². The average molecular weight is 779 g/mol. The highest BCUT2D eigenvalue weighted by atomic mass is 31.2. The summed E-state index contributed by atoms with van der Waals surface area (Å²) in [5.41, 5.74) is 0. The Balaban J connectivity index is 4.95. The van der Waals surface area contributed by atoms with Crippen LogP contribution >= 0.6 is 15.6 Å². The van der Waals surface area contributed by atoms with E-state index >= 15 is 0 Å². The molecule has 0 amide bonds. The molecule has 0 fully saturated rings. The molecule has 5 atom stereocenters. The maximum atomic E-state index is 12.5. The van der Waals surface area contributed by atoms with Crippen LogP contribution < -0.4 is 0 Å². The van der Waals surface area contributed by atoms with Crippen molar-refractivity contribution in [3.05, 3.63) is 0 Å². The normalized spacial score (nSPS) is 15.5. The number of esters is 4. The largest absolute Gasteiger partial charge is 0.472 e. The quantitative estimate of drug-likeness (QED) is 0.0325. The van der Waals surface area contributed by atoms with E-state index in [4.69, 9.17) is 37.0 Å². The molecule has 0 aromatic heterocycles. The summed E-state index contributed by atoms with van der Waals surface area (Å²) in [7, 11) is -9.75. The fourth-order valence-corrected chi connectivity index (χ4v) is 5.57. The summed E-state index contributed by atoms with van der Waals surface area (Å²) in [6.45, 7) is 3.67. The van der Waals surface area contributed by atoms with Gasteiger partial charge in [-0.05, 0) is 25.7 Å². The van der Waals surface area contributed by atoms with Gasteiger partial charge in [-0.3, -0.25) is 37.3 Å². The van der Waals surface area contributed by atoms with Crippen molar-refractivity contribution in [3.63, 3.8) is 0 Å². The molecular weight excluding hydrogens is 718 g/mol. The van der Waals surface area contributed by atoms with Gasteiger partial charge in [-0.2, -0.15) is 0 Å². The number of hydrogen-bond acceptors (Lipinski definition) is 15. The summed E-state index contributed by atoms with van der Waals surface area (Å²) < 4.78 is 64.8. The fourth-order valence-electron chi connectivity index (χ4n) is 3.99. The third kappa shape index (κ3) is 29.2. The van der Waals surface area contributed by atoms with Crippen LogP contribution in [0.4, 0.5) is 0 Å². The minimum absolute atomic E-state index is 0.0519. The second-order valence-electron chi connectivity index (χ2n) is 11.8. The van der Waals surface area contributed by atoms with Crippen LogP contribution in [-0.4, -0.2) is 96.7 Å². The van der Waals surface area contributed by atoms with Gasteiger partial charge in [0.2, 0.25) is 0 Å². The van der Waals surface area contributed by atoms with Crippen LogP contribution in [0, 0.1) is 0 Å². The van der Waals surface area contributed by atoms with Crippen LogP contribution in [0.5, 0.6) is 0 Å².